The minimum atomic E-state index is -4.41. The van der Waals surface area contributed by atoms with Gasteiger partial charge in [-0.2, -0.15) is 13.2 Å². The fourth-order valence-electron chi connectivity index (χ4n) is 4.00. The Labute approximate surface area is 186 Å². The van der Waals surface area contributed by atoms with Crippen molar-refractivity contribution in [1.29, 1.82) is 0 Å². The van der Waals surface area contributed by atoms with Crippen LogP contribution < -0.4 is 5.32 Å². The van der Waals surface area contributed by atoms with Gasteiger partial charge in [-0.3, -0.25) is 14.6 Å². The third kappa shape index (κ3) is 6.31. The summed E-state index contributed by atoms with van der Waals surface area (Å²) in [6, 6.07) is 13.5. The summed E-state index contributed by atoms with van der Waals surface area (Å²) in [5.41, 5.74) is 1.41. The summed E-state index contributed by atoms with van der Waals surface area (Å²) in [7, 11) is 0. The first-order valence-corrected chi connectivity index (χ1v) is 11.0. The van der Waals surface area contributed by atoms with Crippen LogP contribution in [0.3, 0.4) is 0 Å². The Morgan fingerprint density at radius 3 is 2.41 bits per heavy atom. The SMILES string of the molecule is O=C(CN(Cc1ccccc1C(F)(F)F)C1CC1)Nc1ccc(CN2CCOCC2)cc1. The molecule has 4 rings (SSSR count). The quantitative estimate of drug-likeness (QED) is 0.661. The van der Waals surface area contributed by atoms with Crippen LogP contribution in [-0.4, -0.2) is 54.6 Å². The molecule has 1 saturated heterocycles. The van der Waals surface area contributed by atoms with Crippen LogP contribution in [0.25, 0.3) is 0 Å². The number of halogens is 3. The molecule has 1 aliphatic heterocycles. The molecule has 0 bridgehead atoms. The Hall–Kier alpha value is -2.42. The molecule has 8 heteroatoms. The van der Waals surface area contributed by atoms with Crippen LogP contribution in [0.4, 0.5) is 18.9 Å². The molecule has 0 spiro atoms. The van der Waals surface area contributed by atoms with Gasteiger partial charge in [0.05, 0.1) is 25.3 Å². The number of amides is 1. The van der Waals surface area contributed by atoms with Gasteiger partial charge >= 0.3 is 6.18 Å². The van der Waals surface area contributed by atoms with Gasteiger partial charge in [0.15, 0.2) is 0 Å². The first-order chi connectivity index (χ1) is 15.4. The van der Waals surface area contributed by atoms with Crippen LogP contribution in [-0.2, 0) is 28.8 Å². The molecule has 1 aliphatic carbocycles. The lowest BCUT2D eigenvalue weighted by Gasteiger charge is -2.26. The van der Waals surface area contributed by atoms with Gasteiger partial charge in [-0.1, -0.05) is 30.3 Å². The number of morpholine rings is 1. The molecule has 2 aromatic rings. The minimum absolute atomic E-state index is 0.0619. The standard InChI is InChI=1S/C24H28F3N3O2/c25-24(26,27)22-4-2-1-3-19(22)16-30(21-9-10-21)17-23(31)28-20-7-5-18(6-8-20)15-29-11-13-32-14-12-29/h1-8,21H,9-17H2,(H,28,31). The second-order valence-corrected chi connectivity index (χ2v) is 8.42. The molecule has 5 nitrogen and oxygen atoms in total. The van der Waals surface area contributed by atoms with E-state index in [0.29, 0.717) is 5.69 Å². The van der Waals surface area contributed by atoms with Crippen molar-refractivity contribution < 1.29 is 22.7 Å². The number of hydrogen-bond donors (Lipinski definition) is 1. The van der Waals surface area contributed by atoms with Crippen molar-refractivity contribution in [3.05, 3.63) is 65.2 Å². The second-order valence-electron chi connectivity index (χ2n) is 8.42. The van der Waals surface area contributed by atoms with Crippen molar-refractivity contribution in [2.24, 2.45) is 0 Å². The number of anilines is 1. The van der Waals surface area contributed by atoms with Gasteiger partial charge in [0.1, 0.15) is 0 Å². The Balaban J connectivity index is 1.34. The molecule has 0 unspecified atom stereocenters. The summed E-state index contributed by atoms with van der Waals surface area (Å²) in [6.45, 7) is 4.32. The summed E-state index contributed by atoms with van der Waals surface area (Å²) >= 11 is 0. The maximum atomic E-state index is 13.3. The van der Waals surface area contributed by atoms with E-state index >= 15 is 0 Å². The zero-order chi connectivity index (χ0) is 22.6. The molecular weight excluding hydrogens is 419 g/mol. The highest BCUT2D eigenvalue weighted by atomic mass is 19.4. The van der Waals surface area contributed by atoms with E-state index < -0.39 is 11.7 Å². The van der Waals surface area contributed by atoms with Crippen molar-refractivity contribution in [1.82, 2.24) is 9.80 Å². The third-order valence-corrected chi connectivity index (χ3v) is 5.85. The Bertz CT molecular complexity index is 907. The third-order valence-electron chi connectivity index (χ3n) is 5.85. The Kier molecular flexibility index (Phi) is 7.13. The average molecular weight is 448 g/mol. The highest BCUT2D eigenvalue weighted by Gasteiger charge is 2.35. The van der Waals surface area contributed by atoms with Crippen LogP contribution in [0.15, 0.2) is 48.5 Å². The van der Waals surface area contributed by atoms with Crippen molar-refractivity contribution in [2.45, 2.75) is 38.1 Å². The van der Waals surface area contributed by atoms with Gasteiger partial charge in [0, 0.05) is 37.9 Å². The van der Waals surface area contributed by atoms with E-state index in [9.17, 15) is 18.0 Å². The number of carbonyl (C=O) groups excluding carboxylic acids is 1. The number of alkyl halides is 3. The molecule has 32 heavy (non-hydrogen) atoms. The fourth-order valence-corrected chi connectivity index (χ4v) is 4.00. The van der Waals surface area contributed by atoms with Gasteiger partial charge in [0.2, 0.25) is 5.91 Å². The maximum absolute atomic E-state index is 13.3. The first kappa shape index (κ1) is 22.8. The number of benzene rings is 2. The van der Waals surface area contributed by atoms with E-state index in [-0.39, 0.29) is 30.6 Å². The zero-order valence-electron chi connectivity index (χ0n) is 17.9. The molecule has 1 saturated carbocycles. The number of carbonyl (C=O) groups is 1. The molecule has 0 aromatic heterocycles. The van der Waals surface area contributed by atoms with Gasteiger partial charge in [-0.05, 0) is 42.2 Å². The van der Waals surface area contributed by atoms with Crippen molar-refractivity contribution in [3.8, 4) is 0 Å². The van der Waals surface area contributed by atoms with E-state index in [0.717, 1.165) is 57.3 Å². The molecule has 1 amide bonds. The van der Waals surface area contributed by atoms with E-state index in [1.165, 1.54) is 12.1 Å². The predicted molar refractivity (Wildman–Crippen MR) is 116 cm³/mol. The lowest BCUT2D eigenvalue weighted by Crippen LogP contribution is -2.35. The fraction of sp³-hybridized carbons (Fsp3) is 0.458. The van der Waals surface area contributed by atoms with Crippen LogP contribution in [0.5, 0.6) is 0 Å². The largest absolute Gasteiger partial charge is 0.416 e. The molecular formula is C24H28F3N3O2. The summed E-state index contributed by atoms with van der Waals surface area (Å²) in [5.74, 6) is -0.220. The maximum Gasteiger partial charge on any atom is 0.416 e. The Morgan fingerprint density at radius 2 is 1.75 bits per heavy atom. The Morgan fingerprint density at radius 1 is 1.06 bits per heavy atom. The molecule has 1 N–H and O–H groups in total. The number of hydrogen-bond acceptors (Lipinski definition) is 4. The number of nitrogens with zero attached hydrogens (tertiary/aromatic N) is 2. The van der Waals surface area contributed by atoms with Crippen LogP contribution in [0.2, 0.25) is 0 Å². The molecule has 0 radical (unpaired) electrons. The topological polar surface area (TPSA) is 44.8 Å². The molecule has 1 heterocycles. The molecule has 0 atom stereocenters. The highest BCUT2D eigenvalue weighted by Crippen LogP contribution is 2.34. The van der Waals surface area contributed by atoms with E-state index in [4.69, 9.17) is 4.74 Å². The van der Waals surface area contributed by atoms with Gasteiger partial charge < -0.3 is 10.1 Å². The molecule has 2 aromatic carbocycles. The normalized spacial score (nSPS) is 17.5. The molecule has 2 aliphatic rings. The summed E-state index contributed by atoms with van der Waals surface area (Å²) in [4.78, 5) is 16.8. The highest BCUT2D eigenvalue weighted by molar-refractivity contribution is 5.92. The second kappa shape index (κ2) is 10.0. The molecule has 2 fully saturated rings. The lowest BCUT2D eigenvalue weighted by molar-refractivity contribution is -0.138. The van der Waals surface area contributed by atoms with E-state index in [2.05, 4.69) is 10.2 Å². The van der Waals surface area contributed by atoms with Crippen LogP contribution in [0.1, 0.15) is 29.5 Å². The van der Waals surface area contributed by atoms with Crippen LogP contribution in [0, 0.1) is 0 Å². The summed E-state index contributed by atoms with van der Waals surface area (Å²) < 4.78 is 45.4. The smallest absolute Gasteiger partial charge is 0.379 e. The summed E-state index contributed by atoms with van der Waals surface area (Å²) in [6.07, 6.45) is -2.60. The number of rotatable bonds is 8. The van der Waals surface area contributed by atoms with Crippen LogP contribution >= 0.6 is 0 Å². The summed E-state index contributed by atoms with van der Waals surface area (Å²) in [5, 5.41) is 2.88. The minimum Gasteiger partial charge on any atom is -0.379 e. The van der Waals surface area contributed by atoms with Crippen molar-refractivity contribution in [3.63, 3.8) is 0 Å². The predicted octanol–water partition coefficient (Wildman–Crippen LogP) is 4.14. The van der Waals surface area contributed by atoms with Gasteiger partial charge in [-0.25, -0.2) is 0 Å². The van der Waals surface area contributed by atoms with E-state index in [1.807, 2.05) is 29.2 Å². The zero-order valence-corrected chi connectivity index (χ0v) is 17.9. The van der Waals surface area contributed by atoms with Crippen molar-refractivity contribution in [2.75, 3.05) is 38.2 Å². The van der Waals surface area contributed by atoms with Gasteiger partial charge in [-0.15, -0.1) is 0 Å². The number of ether oxygens (including phenoxy) is 1. The van der Waals surface area contributed by atoms with E-state index in [1.54, 1.807) is 6.07 Å². The first-order valence-electron chi connectivity index (χ1n) is 11.0. The lowest BCUT2D eigenvalue weighted by atomic mass is 10.1. The monoisotopic (exact) mass is 447 g/mol. The number of nitrogens with one attached hydrogen (secondary N) is 1. The molecule has 172 valence electrons. The van der Waals surface area contributed by atoms with Gasteiger partial charge in [0.25, 0.3) is 0 Å². The van der Waals surface area contributed by atoms with Crippen molar-refractivity contribution >= 4 is 11.6 Å². The average Bonchev–Trinajstić information content (AvgIpc) is 3.61.